The lowest BCUT2D eigenvalue weighted by Gasteiger charge is -2.37. The highest BCUT2D eigenvalue weighted by Gasteiger charge is 2.33. The van der Waals surface area contributed by atoms with E-state index in [2.05, 4.69) is 11.2 Å². The fourth-order valence-electron chi connectivity index (χ4n) is 4.42. The third kappa shape index (κ3) is 5.78. The lowest BCUT2D eigenvalue weighted by Crippen LogP contribution is -2.33. The fourth-order valence-corrected chi connectivity index (χ4v) is 5.65. The molecule has 33 heavy (non-hydrogen) atoms. The number of halogens is 3. The average Bonchev–Trinajstić information content (AvgIpc) is 2.83. The first-order valence-electron chi connectivity index (χ1n) is 11.5. The minimum Gasteiger partial charge on any atom is -0.493 e. The van der Waals surface area contributed by atoms with Crippen LogP contribution in [0.3, 0.4) is 0 Å². The van der Waals surface area contributed by atoms with Gasteiger partial charge in [0, 0.05) is 29.7 Å². The summed E-state index contributed by atoms with van der Waals surface area (Å²) in [6.45, 7) is 4.08. The van der Waals surface area contributed by atoms with Crippen molar-refractivity contribution in [2.24, 2.45) is 5.92 Å². The summed E-state index contributed by atoms with van der Waals surface area (Å²) in [4.78, 5) is 0.920. The molecule has 180 valence electrons. The molecule has 0 spiro atoms. The smallest absolute Gasteiger partial charge is 0.416 e. The molecule has 0 saturated carbocycles. The molecule has 1 unspecified atom stereocenters. The number of nitrogens with zero attached hydrogens (tertiary/aromatic N) is 1. The van der Waals surface area contributed by atoms with Crippen molar-refractivity contribution in [3.63, 3.8) is 0 Å². The van der Waals surface area contributed by atoms with Gasteiger partial charge in [0.05, 0.1) is 24.5 Å². The SMILES string of the molecule is CCC1CCc2cc(C(F)(F)F)ccc2N1Sc1ccc(OCC2CCOCC2)c(CO)c1. The van der Waals surface area contributed by atoms with Gasteiger partial charge in [-0.05, 0) is 91.9 Å². The van der Waals surface area contributed by atoms with Gasteiger partial charge >= 0.3 is 6.18 Å². The number of alkyl halides is 3. The fraction of sp³-hybridized carbons (Fsp3) is 0.520. The van der Waals surface area contributed by atoms with Crippen molar-refractivity contribution < 1.29 is 27.8 Å². The van der Waals surface area contributed by atoms with E-state index in [9.17, 15) is 18.3 Å². The first kappa shape index (κ1) is 24.2. The van der Waals surface area contributed by atoms with Gasteiger partial charge in [-0.1, -0.05) is 6.92 Å². The number of benzene rings is 2. The molecule has 2 heterocycles. The van der Waals surface area contributed by atoms with Crippen LogP contribution in [-0.4, -0.2) is 31.0 Å². The number of anilines is 1. The molecule has 2 aromatic carbocycles. The van der Waals surface area contributed by atoms with Crippen molar-refractivity contribution in [1.82, 2.24) is 0 Å². The van der Waals surface area contributed by atoms with Crippen molar-refractivity contribution in [1.29, 1.82) is 0 Å². The summed E-state index contributed by atoms with van der Waals surface area (Å²) in [7, 11) is 0. The van der Waals surface area contributed by atoms with Crippen LogP contribution in [0.15, 0.2) is 41.3 Å². The second kappa shape index (κ2) is 10.6. The van der Waals surface area contributed by atoms with Crippen LogP contribution in [0.5, 0.6) is 5.75 Å². The zero-order valence-corrected chi connectivity index (χ0v) is 19.6. The van der Waals surface area contributed by atoms with Crippen LogP contribution in [0.4, 0.5) is 18.9 Å². The van der Waals surface area contributed by atoms with E-state index in [1.165, 1.54) is 18.0 Å². The van der Waals surface area contributed by atoms with Crippen molar-refractivity contribution in [3.05, 3.63) is 53.1 Å². The summed E-state index contributed by atoms with van der Waals surface area (Å²) in [6.07, 6.45) is -0.0547. The number of hydrogen-bond donors (Lipinski definition) is 1. The van der Waals surface area contributed by atoms with Crippen LogP contribution >= 0.6 is 11.9 Å². The van der Waals surface area contributed by atoms with Gasteiger partial charge < -0.3 is 18.9 Å². The predicted octanol–water partition coefficient (Wildman–Crippen LogP) is 6.24. The molecule has 1 saturated heterocycles. The van der Waals surface area contributed by atoms with Crippen molar-refractivity contribution in [2.75, 3.05) is 24.1 Å². The highest BCUT2D eigenvalue weighted by atomic mass is 32.2. The van der Waals surface area contributed by atoms with Crippen LogP contribution in [0.2, 0.25) is 0 Å². The predicted molar refractivity (Wildman–Crippen MR) is 124 cm³/mol. The normalized spacial score (nSPS) is 19.4. The number of rotatable bonds is 7. The molecule has 0 aromatic heterocycles. The highest BCUT2D eigenvalue weighted by molar-refractivity contribution is 8.00. The van der Waals surface area contributed by atoms with Crippen molar-refractivity contribution in [3.8, 4) is 5.75 Å². The molecule has 4 rings (SSSR count). The second-order valence-electron chi connectivity index (χ2n) is 8.65. The van der Waals surface area contributed by atoms with Crippen LogP contribution < -0.4 is 9.04 Å². The van der Waals surface area contributed by atoms with Crippen molar-refractivity contribution >= 4 is 17.6 Å². The summed E-state index contributed by atoms with van der Waals surface area (Å²) in [5.41, 5.74) is 1.66. The Morgan fingerprint density at radius 1 is 1.12 bits per heavy atom. The molecule has 1 N–H and O–H groups in total. The Balaban J connectivity index is 1.52. The van der Waals surface area contributed by atoms with Gasteiger partial charge in [-0.25, -0.2) is 0 Å². The summed E-state index contributed by atoms with van der Waals surface area (Å²) in [5, 5.41) is 9.92. The molecule has 0 bridgehead atoms. The topological polar surface area (TPSA) is 41.9 Å². The van der Waals surface area contributed by atoms with E-state index < -0.39 is 11.7 Å². The van der Waals surface area contributed by atoms with Gasteiger partial charge in [-0.3, -0.25) is 0 Å². The monoisotopic (exact) mass is 481 g/mol. The van der Waals surface area contributed by atoms with Crippen LogP contribution in [0.1, 0.15) is 49.3 Å². The molecular formula is C25H30F3NO3S. The second-order valence-corrected chi connectivity index (χ2v) is 9.70. The molecule has 4 nitrogen and oxygen atoms in total. The zero-order valence-electron chi connectivity index (χ0n) is 18.7. The van der Waals surface area contributed by atoms with E-state index in [0.717, 1.165) is 61.1 Å². The van der Waals surface area contributed by atoms with E-state index in [1.807, 2.05) is 18.2 Å². The van der Waals surface area contributed by atoms with E-state index in [4.69, 9.17) is 9.47 Å². The van der Waals surface area contributed by atoms with Gasteiger partial charge in [0.15, 0.2) is 0 Å². The average molecular weight is 482 g/mol. The van der Waals surface area contributed by atoms with E-state index in [0.29, 0.717) is 30.3 Å². The van der Waals surface area contributed by atoms with Crippen molar-refractivity contribution in [2.45, 2.75) is 62.7 Å². The Labute approximate surface area is 197 Å². The quantitative estimate of drug-likeness (QED) is 0.474. The Morgan fingerprint density at radius 3 is 2.61 bits per heavy atom. The number of aliphatic hydroxyl groups is 1. The van der Waals surface area contributed by atoms with Crippen LogP contribution in [-0.2, 0) is 23.9 Å². The standard InChI is InChI=1S/C25H30F3NO3S/c1-2-21-5-3-18-13-20(25(26,27)28)4-7-23(18)29(21)33-22-6-8-24(19(14-22)15-30)32-16-17-9-11-31-12-10-17/h4,6-8,13-14,17,21,30H,2-3,5,9-12,15-16H2,1H3. The van der Waals surface area contributed by atoms with Gasteiger partial charge in [0.2, 0.25) is 0 Å². The maximum absolute atomic E-state index is 13.2. The zero-order chi connectivity index (χ0) is 23.4. The van der Waals surface area contributed by atoms with Gasteiger partial charge in [0.25, 0.3) is 0 Å². The lowest BCUT2D eigenvalue weighted by molar-refractivity contribution is -0.137. The maximum Gasteiger partial charge on any atom is 0.416 e. The molecule has 2 aliphatic heterocycles. The minimum atomic E-state index is -4.34. The van der Waals surface area contributed by atoms with Gasteiger partial charge in [-0.15, -0.1) is 0 Å². The number of ether oxygens (including phenoxy) is 2. The molecular weight excluding hydrogens is 451 g/mol. The molecule has 2 aliphatic rings. The molecule has 1 fully saturated rings. The summed E-state index contributed by atoms with van der Waals surface area (Å²) >= 11 is 1.51. The molecule has 8 heteroatoms. The Hall–Kier alpha value is -1.90. The maximum atomic E-state index is 13.2. The first-order valence-corrected chi connectivity index (χ1v) is 12.3. The molecule has 0 aliphatic carbocycles. The Morgan fingerprint density at radius 2 is 1.91 bits per heavy atom. The van der Waals surface area contributed by atoms with Gasteiger partial charge in [-0.2, -0.15) is 13.2 Å². The number of aryl methyl sites for hydroxylation is 1. The number of aliphatic hydroxyl groups excluding tert-OH is 1. The molecule has 1 atom stereocenters. The Bertz CT molecular complexity index is 947. The van der Waals surface area contributed by atoms with E-state index in [-0.39, 0.29) is 12.6 Å². The molecule has 0 amide bonds. The minimum absolute atomic E-state index is 0.139. The Kier molecular flexibility index (Phi) is 7.76. The summed E-state index contributed by atoms with van der Waals surface area (Å²) < 4.78 is 53.1. The summed E-state index contributed by atoms with van der Waals surface area (Å²) in [6, 6.07) is 10.00. The highest BCUT2D eigenvalue weighted by Crippen LogP contribution is 2.42. The van der Waals surface area contributed by atoms with Gasteiger partial charge in [0.1, 0.15) is 5.75 Å². The molecule has 2 aromatic rings. The van der Waals surface area contributed by atoms with Crippen LogP contribution in [0.25, 0.3) is 0 Å². The lowest BCUT2D eigenvalue weighted by atomic mass is 9.95. The van der Waals surface area contributed by atoms with E-state index >= 15 is 0 Å². The third-order valence-electron chi connectivity index (χ3n) is 6.42. The largest absolute Gasteiger partial charge is 0.493 e. The molecule has 0 radical (unpaired) electrons. The van der Waals surface area contributed by atoms with E-state index in [1.54, 1.807) is 6.07 Å². The van der Waals surface area contributed by atoms with Crippen LogP contribution in [0, 0.1) is 5.92 Å². The number of fused-ring (bicyclic) bond motifs is 1. The number of hydrogen-bond acceptors (Lipinski definition) is 5. The third-order valence-corrected chi connectivity index (χ3v) is 7.57. The first-order chi connectivity index (χ1) is 15.9. The summed E-state index contributed by atoms with van der Waals surface area (Å²) in [5.74, 6) is 1.13.